The highest BCUT2D eigenvalue weighted by Gasteiger charge is 2.30. The zero-order valence-corrected chi connectivity index (χ0v) is 18.8. The number of ether oxygens (including phenoxy) is 1. The van der Waals surface area contributed by atoms with E-state index >= 15 is 0 Å². The Morgan fingerprint density at radius 3 is 2.39 bits per heavy atom. The van der Waals surface area contributed by atoms with Crippen molar-refractivity contribution in [3.05, 3.63) is 83.9 Å². The third kappa shape index (κ3) is 5.94. The van der Waals surface area contributed by atoms with E-state index < -0.39 is 6.10 Å². The van der Waals surface area contributed by atoms with Gasteiger partial charge in [0, 0.05) is 12.1 Å². The lowest BCUT2D eigenvalue weighted by Gasteiger charge is -2.35. The molecule has 1 fully saturated rings. The molecule has 0 heterocycles. The van der Waals surface area contributed by atoms with Crippen LogP contribution in [0.5, 0.6) is 0 Å². The summed E-state index contributed by atoms with van der Waals surface area (Å²) in [6.45, 7) is 5.26. The van der Waals surface area contributed by atoms with E-state index in [-0.39, 0.29) is 11.6 Å². The van der Waals surface area contributed by atoms with Crippen LogP contribution in [0.2, 0.25) is 0 Å². The van der Waals surface area contributed by atoms with Gasteiger partial charge in [-0.05, 0) is 60.9 Å². The molecule has 1 aliphatic carbocycles. The molecule has 4 rings (SSSR count). The summed E-state index contributed by atoms with van der Waals surface area (Å²) in [6.07, 6.45) is 4.18. The molecule has 1 unspecified atom stereocenters. The predicted octanol–water partition coefficient (Wildman–Crippen LogP) is 5.67. The Morgan fingerprint density at radius 2 is 1.68 bits per heavy atom. The van der Waals surface area contributed by atoms with Crippen molar-refractivity contribution in [3.63, 3.8) is 0 Å². The van der Waals surface area contributed by atoms with Crippen molar-refractivity contribution in [2.45, 2.75) is 57.3 Å². The Bertz CT molecular complexity index is 965. The van der Waals surface area contributed by atoms with Gasteiger partial charge in [0.15, 0.2) is 0 Å². The van der Waals surface area contributed by atoms with Crippen LogP contribution in [0.15, 0.2) is 72.8 Å². The van der Waals surface area contributed by atoms with E-state index in [2.05, 4.69) is 85.9 Å². The second kappa shape index (κ2) is 9.95. The number of hydrogen-bond donors (Lipinski definition) is 2. The Labute approximate surface area is 186 Å². The SMILES string of the molecule is CC(C)(Cc1ccc2ccccc2c1)NC[C@@H](O)COC(c1ccccc1)C1CCC1. The zero-order valence-electron chi connectivity index (χ0n) is 18.8. The fraction of sp³-hybridized carbons (Fsp3) is 0.429. The van der Waals surface area contributed by atoms with E-state index in [9.17, 15) is 5.11 Å². The lowest BCUT2D eigenvalue weighted by atomic mass is 9.78. The molecule has 0 aromatic heterocycles. The fourth-order valence-corrected chi connectivity index (χ4v) is 4.48. The first-order valence-corrected chi connectivity index (χ1v) is 11.6. The molecule has 2 N–H and O–H groups in total. The van der Waals surface area contributed by atoms with E-state index in [1.54, 1.807) is 0 Å². The van der Waals surface area contributed by atoms with Crippen molar-refractivity contribution in [2.75, 3.05) is 13.2 Å². The van der Waals surface area contributed by atoms with Crippen LogP contribution in [0.3, 0.4) is 0 Å². The van der Waals surface area contributed by atoms with Gasteiger partial charge in [-0.25, -0.2) is 0 Å². The first-order valence-electron chi connectivity index (χ1n) is 11.6. The Hall–Kier alpha value is -2.20. The van der Waals surface area contributed by atoms with Crippen molar-refractivity contribution in [3.8, 4) is 0 Å². The summed E-state index contributed by atoms with van der Waals surface area (Å²) < 4.78 is 6.24. The van der Waals surface area contributed by atoms with Gasteiger partial charge in [-0.1, -0.05) is 79.2 Å². The maximum absolute atomic E-state index is 10.6. The van der Waals surface area contributed by atoms with Crippen LogP contribution in [-0.2, 0) is 11.2 Å². The average molecular weight is 418 g/mol. The summed E-state index contributed by atoms with van der Waals surface area (Å²) in [6, 6.07) is 25.6. The van der Waals surface area contributed by atoms with Crippen LogP contribution in [-0.4, -0.2) is 29.9 Å². The number of aliphatic hydroxyl groups is 1. The van der Waals surface area contributed by atoms with Crippen molar-refractivity contribution < 1.29 is 9.84 Å². The van der Waals surface area contributed by atoms with Crippen LogP contribution in [0.1, 0.15) is 50.3 Å². The van der Waals surface area contributed by atoms with E-state index in [0.717, 1.165) is 6.42 Å². The minimum absolute atomic E-state index is 0.0928. The number of fused-ring (bicyclic) bond motifs is 1. The van der Waals surface area contributed by atoms with Gasteiger partial charge in [-0.2, -0.15) is 0 Å². The molecule has 1 saturated carbocycles. The minimum Gasteiger partial charge on any atom is -0.389 e. The molecule has 31 heavy (non-hydrogen) atoms. The second-order valence-electron chi connectivity index (χ2n) is 9.63. The van der Waals surface area contributed by atoms with E-state index in [1.807, 2.05) is 6.07 Å². The third-order valence-electron chi connectivity index (χ3n) is 6.45. The molecule has 2 atom stereocenters. The van der Waals surface area contributed by atoms with Crippen LogP contribution < -0.4 is 5.32 Å². The minimum atomic E-state index is -0.526. The highest BCUT2D eigenvalue weighted by molar-refractivity contribution is 5.83. The van der Waals surface area contributed by atoms with Crippen molar-refractivity contribution in [1.29, 1.82) is 0 Å². The molecule has 0 bridgehead atoms. The molecule has 0 aliphatic heterocycles. The van der Waals surface area contributed by atoms with Crippen LogP contribution in [0.25, 0.3) is 10.8 Å². The normalized spacial score (nSPS) is 16.7. The molecule has 0 spiro atoms. The second-order valence-corrected chi connectivity index (χ2v) is 9.63. The monoisotopic (exact) mass is 417 g/mol. The summed E-state index contributed by atoms with van der Waals surface area (Å²) in [7, 11) is 0. The summed E-state index contributed by atoms with van der Waals surface area (Å²) in [5.41, 5.74) is 2.41. The van der Waals surface area contributed by atoms with Gasteiger partial charge >= 0.3 is 0 Å². The molecule has 3 aromatic carbocycles. The smallest absolute Gasteiger partial charge is 0.0898 e. The van der Waals surface area contributed by atoms with Crippen molar-refractivity contribution >= 4 is 10.8 Å². The molecular formula is C28H35NO2. The van der Waals surface area contributed by atoms with Gasteiger partial charge in [-0.15, -0.1) is 0 Å². The maximum atomic E-state index is 10.6. The van der Waals surface area contributed by atoms with Gasteiger partial charge in [0.05, 0.1) is 18.8 Å². The first-order chi connectivity index (χ1) is 15.0. The molecule has 0 amide bonds. The Balaban J connectivity index is 1.29. The van der Waals surface area contributed by atoms with Crippen molar-refractivity contribution in [2.24, 2.45) is 5.92 Å². The lowest BCUT2D eigenvalue weighted by Crippen LogP contribution is -2.46. The number of β-amino-alcohol motifs (C(OH)–C–C–N with tert-alkyl or cyclic N) is 1. The lowest BCUT2D eigenvalue weighted by molar-refractivity contribution is -0.0539. The summed E-state index contributed by atoms with van der Waals surface area (Å²) in [5, 5.41) is 16.7. The molecule has 3 nitrogen and oxygen atoms in total. The fourth-order valence-electron chi connectivity index (χ4n) is 4.48. The number of benzene rings is 3. The Kier molecular flexibility index (Phi) is 7.06. The van der Waals surface area contributed by atoms with Crippen LogP contribution in [0, 0.1) is 5.92 Å². The maximum Gasteiger partial charge on any atom is 0.0898 e. The van der Waals surface area contributed by atoms with E-state index in [0.29, 0.717) is 19.1 Å². The van der Waals surface area contributed by atoms with E-state index in [1.165, 1.54) is 41.2 Å². The average Bonchev–Trinajstić information content (AvgIpc) is 2.74. The summed E-state index contributed by atoms with van der Waals surface area (Å²) >= 11 is 0. The highest BCUT2D eigenvalue weighted by Crippen LogP contribution is 2.40. The highest BCUT2D eigenvalue weighted by atomic mass is 16.5. The number of hydrogen-bond acceptors (Lipinski definition) is 3. The molecule has 0 radical (unpaired) electrons. The van der Waals surface area contributed by atoms with Gasteiger partial charge in [0.1, 0.15) is 0 Å². The van der Waals surface area contributed by atoms with Gasteiger partial charge in [0.25, 0.3) is 0 Å². The third-order valence-corrected chi connectivity index (χ3v) is 6.45. The number of aliphatic hydroxyl groups excluding tert-OH is 1. The van der Waals surface area contributed by atoms with E-state index in [4.69, 9.17) is 4.74 Å². The van der Waals surface area contributed by atoms with Gasteiger partial charge < -0.3 is 15.2 Å². The molecule has 0 saturated heterocycles. The zero-order chi connectivity index (χ0) is 21.7. The predicted molar refractivity (Wildman–Crippen MR) is 128 cm³/mol. The molecule has 1 aliphatic rings. The summed E-state index contributed by atoms with van der Waals surface area (Å²) in [4.78, 5) is 0. The number of nitrogens with one attached hydrogen (secondary N) is 1. The standard InChI is InChI=1S/C28H35NO2/c1-28(2,18-21-15-16-22-9-6-7-12-25(22)17-21)29-19-26(30)20-31-27(24-13-8-14-24)23-10-4-3-5-11-23/h3-7,9-12,15-17,24,26-27,29-30H,8,13-14,18-20H2,1-2H3/t26-,27?/m1/s1. The largest absolute Gasteiger partial charge is 0.389 e. The molecule has 3 aromatic rings. The number of rotatable bonds is 10. The summed E-state index contributed by atoms with van der Waals surface area (Å²) in [5.74, 6) is 0.576. The van der Waals surface area contributed by atoms with Crippen LogP contribution in [0.4, 0.5) is 0 Å². The molecular weight excluding hydrogens is 382 g/mol. The Morgan fingerprint density at radius 1 is 0.968 bits per heavy atom. The van der Waals surface area contributed by atoms with Crippen molar-refractivity contribution in [1.82, 2.24) is 5.32 Å². The first kappa shape index (κ1) is 22.0. The topological polar surface area (TPSA) is 41.5 Å². The quantitative estimate of drug-likeness (QED) is 0.447. The van der Waals surface area contributed by atoms with Crippen LogP contribution >= 0.6 is 0 Å². The van der Waals surface area contributed by atoms with Gasteiger partial charge in [-0.3, -0.25) is 0 Å². The molecule has 3 heteroatoms. The van der Waals surface area contributed by atoms with Gasteiger partial charge in [0.2, 0.25) is 0 Å². The molecule has 164 valence electrons.